The summed E-state index contributed by atoms with van der Waals surface area (Å²) in [5.41, 5.74) is 1.25. The van der Waals surface area contributed by atoms with Crippen molar-refractivity contribution in [2.45, 2.75) is 70.8 Å². The van der Waals surface area contributed by atoms with Crippen molar-refractivity contribution < 1.29 is 23.9 Å². The lowest BCUT2D eigenvalue weighted by molar-refractivity contribution is -0.145. The van der Waals surface area contributed by atoms with Gasteiger partial charge in [0.15, 0.2) is 0 Å². The highest BCUT2D eigenvalue weighted by atomic mass is 16.5. The minimum Gasteiger partial charge on any atom is -0.466 e. The first-order chi connectivity index (χ1) is 18.4. The zero-order valence-corrected chi connectivity index (χ0v) is 22.5. The van der Waals surface area contributed by atoms with Crippen molar-refractivity contribution in [2.24, 2.45) is 11.8 Å². The Morgan fingerprint density at radius 1 is 1.05 bits per heavy atom. The second-order valence-electron chi connectivity index (χ2n) is 10.8. The molecule has 0 aromatic carbocycles. The molecule has 3 amide bonds. The summed E-state index contributed by atoms with van der Waals surface area (Å²) in [7, 11) is 0. The third kappa shape index (κ3) is 7.99. The van der Waals surface area contributed by atoms with Gasteiger partial charge in [0, 0.05) is 32.5 Å². The van der Waals surface area contributed by atoms with Crippen LogP contribution >= 0.6 is 0 Å². The standard InChI is InChI=1S/C28H41N5O5/c1-2-3-16-38-26(35)17-20-8-12-32(13-9-20)19-21-10-14-33(15-11-21)22-4-5-23(29-18-22)27(36)30-24-6-7-25(34)31-28(24)37/h4-5,18,20-21,24H,2-3,6-17,19H2,1H3,(H,30,36)(H,31,34,37). The molecule has 2 N–H and O–H groups in total. The summed E-state index contributed by atoms with van der Waals surface area (Å²) < 4.78 is 5.33. The normalized spacial score (nSPS) is 21.7. The molecule has 1 aromatic rings. The summed E-state index contributed by atoms with van der Waals surface area (Å²) in [5, 5.41) is 4.91. The number of hydrogen-bond donors (Lipinski definition) is 2. The Hall–Kier alpha value is -3.01. The van der Waals surface area contributed by atoms with Gasteiger partial charge in [-0.05, 0) is 75.6 Å². The fourth-order valence-corrected chi connectivity index (χ4v) is 5.51. The lowest BCUT2D eigenvalue weighted by Crippen LogP contribution is -2.52. The Morgan fingerprint density at radius 3 is 2.45 bits per heavy atom. The molecule has 3 aliphatic heterocycles. The third-order valence-electron chi connectivity index (χ3n) is 7.94. The summed E-state index contributed by atoms with van der Waals surface area (Å²) in [6.45, 7) is 7.77. The van der Waals surface area contributed by atoms with E-state index < -0.39 is 17.9 Å². The van der Waals surface area contributed by atoms with Gasteiger partial charge < -0.3 is 19.9 Å². The number of carbonyl (C=O) groups excluding carboxylic acids is 4. The molecule has 1 atom stereocenters. The molecular weight excluding hydrogens is 486 g/mol. The van der Waals surface area contributed by atoms with E-state index in [-0.39, 0.29) is 24.0 Å². The summed E-state index contributed by atoms with van der Waals surface area (Å²) in [6, 6.07) is 2.88. The van der Waals surface area contributed by atoms with Gasteiger partial charge in [0.1, 0.15) is 11.7 Å². The largest absolute Gasteiger partial charge is 0.466 e. The van der Waals surface area contributed by atoms with Gasteiger partial charge in [-0.1, -0.05) is 13.3 Å². The van der Waals surface area contributed by atoms with Gasteiger partial charge in [0.25, 0.3) is 5.91 Å². The number of imide groups is 1. The van der Waals surface area contributed by atoms with E-state index in [0.29, 0.717) is 31.3 Å². The van der Waals surface area contributed by atoms with Gasteiger partial charge in [-0.2, -0.15) is 0 Å². The predicted octanol–water partition coefficient (Wildman–Crippen LogP) is 2.28. The number of aromatic nitrogens is 1. The summed E-state index contributed by atoms with van der Waals surface area (Å²) >= 11 is 0. The first-order valence-corrected chi connectivity index (χ1v) is 14.1. The van der Waals surface area contributed by atoms with Crippen LogP contribution in [0.3, 0.4) is 0 Å². The van der Waals surface area contributed by atoms with Gasteiger partial charge in [-0.3, -0.25) is 24.5 Å². The van der Waals surface area contributed by atoms with Crippen LogP contribution < -0.4 is 15.5 Å². The van der Waals surface area contributed by atoms with E-state index in [9.17, 15) is 19.2 Å². The SMILES string of the molecule is CCCCOC(=O)CC1CCN(CC2CCN(c3ccc(C(=O)NC4CCC(=O)NC4=O)nc3)CC2)CC1. The molecule has 1 unspecified atom stereocenters. The lowest BCUT2D eigenvalue weighted by atomic mass is 9.91. The van der Waals surface area contributed by atoms with Crippen LogP contribution in [0.15, 0.2) is 18.3 Å². The number of likely N-dealkylation sites (tertiary alicyclic amines) is 1. The lowest BCUT2D eigenvalue weighted by Gasteiger charge is -2.38. The molecule has 10 nitrogen and oxygen atoms in total. The Bertz CT molecular complexity index is 968. The molecule has 0 bridgehead atoms. The number of amides is 3. The maximum atomic E-state index is 12.5. The van der Waals surface area contributed by atoms with Gasteiger partial charge in [-0.15, -0.1) is 0 Å². The number of anilines is 1. The molecular formula is C28H41N5O5. The van der Waals surface area contributed by atoms with Gasteiger partial charge in [0.05, 0.1) is 18.5 Å². The average Bonchev–Trinajstić information content (AvgIpc) is 2.92. The number of esters is 1. The van der Waals surface area contributed by atoms with Crippen molar-refractivity contribution in [1.29, 1.82) is 0 Å². The van der Waals surface area contributed by atoms with Crippen molar-refractivity contribution in [1.82, 2.24) is 20.5 Å². The molecule has 3 fully saturated rings. The van der Waals surface area contributed by atoms with Crippen LogP contribution in [0.1, 0.15) is 75.2 Å². The van der Waals surface area contributed by atoms with E-state index in [1.54, 1.807) is 12.3 Å². The molecule has 0 aliphatic carbocycles. The molecule has 38 heavy (non-hydrogen) atoms. The number of nitrogens with one attached hydrogen (secondary N) is 2. The van der Waals surface area contributed by atoms with Crippen LogP contribution in [-0.4, -0.2) is 78.9 Å². The first kappa shape index (κ1) is 28.0. The molecule has 3 aliphatic rings. The number of hydrogen-bond acceptors (Lipinski definition) is 8. The zero-order valence-electron chi connectivity index (χ0n) is 22.5. The van der Waals surface area contributed by atoms with Crippen LogP contribution in [0.4, 0.5) is 5.69 Å². The van der Waals surface area contributed by atoms with E-state index in [1.165, 1.54) is 0 Å². The Balaban J connectivity index is 1.15. The molecule has 0 saturated carbocycles. The number of nitrogens with zero attached hydrogens (tertiary/aromatic N) is 3. The minimum atomic E-state index is -0.710. The number of carbonyl (C=O) groups is 4. The van der Waals surface area contributed by atoms with Crippen molar-refractivity contribution in [2.75, 3.05) is 44.2 Å². The van der Waals surface area contributed by atoms with Crippen molar-refractivity contribution >= 4 is 29.4 Å². The van der Waals surface area contributed by atoms with Gasteiger partial charge in [-0.25, -0.2) is 4.98 Å². The Kier molecular flexibility index (Phi) is 10.1. The molecule has 3 saturated heterocycles. The predicted molar refractivity (Wildman–Crippen MR) is 142 cm³/mol. The molecule has 1 aromatic heterocycles. The topological polar surface area (TPSA) is 121 Å². The van der Waals surface area contributed by atoms with Crippen molar-refractivity contribution in [3.63, 3.8) is 0 Å². The number of piperidine rings is 3. The highest BCUT2D eigenvalue weighted by Crippen LogP contribution is 2.26. The zero-order chi connectivity index (χ0) is 26.9. The number of ether oxygens (including phenoxy) is 1. The molecule has 10 heteroatoms. The van der Waals surface area contributed by atoms with E-state index in [1.807, 2.05) is 6.07 Å². The van der Waals surface area contributed by atoms with Crippen LogP contribution in [0.5, 0.6) is 0 Å². The third-order valence-corrected chi connectivity index (χ3v) is 7.94. The van der Waals surface area contributed by atoms with Crippen LogP contribution in [0.2, 0.25) is 0 Å². The minimum absolute atomic E-state index is 0.0401. The second-order valence-corrected chi connectivity index (χ2v) is 10.8. The molecule has 0 radical (unpaired) electrons. The highest BCUT2D eigenvalue weighted by molar-refractivity contribution is 6.03. The van der Waals surface area contributed by atoms with E-state index in [4.69, 9.17) is 4.74 Å². The summed E-state index contributed by atoms with van der Waals surface area (Å²) in [4.78, 5) is 56.9. The maximum absolute atomic E-state index is 12.5. The van der Waals surface area contributed by atoms with Crippen LogP contribution in [0, 0.1) is 11.8 Å². The molecule has 0 spiro atoms. The van der Waals surface area contributed by atoms with Crippen molar-refractivity contribution in [3.05, 3.63) is 24.0 Å². The monoisotopic (exact) mass is 527 g/mol. The smallest absolute Gasteiger partial charge is 0.306 e. The van der Waals surface area contributed by atoms with Crippen molar-refractivity contribution in [3.8, 4) is 0 Å². The van der Waals surface area contributed by atoms with E-state index >= 15 is 0 Å². The van der Waals surface area contributed by atoms with E-state index in [2.05, 4.69) is 32.3 Å². The van der Waals surface area contributed by atoms with Gasteiger partial charge >= 0.3 is 5.97 Å². The molecule has 4 heterocycles. The molecule has 4 rings (SSSR count). The Morgan fingerprint density at radius 2 is 1.79 bits per heavy atom. The molecule has 208 valence electrons. The second kappa shape index (κ2) is 13.7. The number of unbranched alkanes of at least 4 members (excludes halogenated alkanes) is 1. The fraction of sp³-hybridized carbons (Fsp3) is 0.679. The van der Waals surface area contributed by atoms with Gasteiger partial charge in [0.2, 0.25) is 11.8 Å². The number of pyridine rings is 1. The maximum Gasteiger partial charge on any atom is 0.306 e. The first-order valence-electron chi connectivity index (χ1n) is 14.1. The fourth-order valence-electron chi connectivity index (χ4n) is 5.51. The van der Waals surface area contributed by atoms with Crippen LogP contribution in [-0.2, 0) is 19.1 Å². The number of rotatable bonds is 10. The average molecular weight is 528 g/mol. The summed E-state index contributed by atoms with van der Waals surface area (Å²) in [5.74, 6) is -0.130. The Labute approximate surface area is 224 Å². The highest BCUT2D eigenvalue weighted by Gasteiger charge is 2.29. The summed E-state index contributed by atoms with van der Waals surface area (Å²) in [6.07, 6.45) is 9.13. The van der Waals surface area contributed by atoms with E-state index in [0.717, 1.165) is 76.9 Å². The van der Waals surface area contributed by atoms with Crippen LogP contribution in [0.25, 0.3) is 0 Å². The quantitative estimate of drug-likeness (QED) is 0.270.